The van der Waals surface area contributed by atoms with Crippen molar-refractivity contribution < 1.29 is 28.9 Å². The molecule has 0 saturated carbocycles. The van der Waals surface area contributed by atoms with Crippen LogP contribution in [-0.2, 0) is 25.6 Å². The average Bonchev–Trinajstić information content (AvgIpc) is 2.64. The van der Waals surface area contributed by atoms with Gasteiger partial charge in [0.15, 0.2) is 6.10 Å². The zero-order valence-electron chi connectivity index (χ0n) is 16.8. The van der Waals surface area contributed by atoms with Gasteiger partial charge in [0.1, 0.15) is 24.4 Å². The maximum Gasteiger partial charge on any atom is 0.407 e. The Morgan fingerprint density at radius 1 is 1.21 bits per heavy atom. The normalized spacial score (nSPS) is 23.0. The fourth-order valence-electron chi connectivity index (χ4n) is 2.64. The monoisotopic (exact) mass is 391 g/mol. The van der Waals surface area contributed by atoms with Crippen molar-refractivity contribution in [2.75, 3.05) is 6.54 Å². The summed E-state index contributed by atoms with van der Waals surface area (Å²) in [5.41, 5.74) is 0.257. The van der Waals surface area contributed by atoms with Gasteiger partial charge in [0, 0.05) is 12.5 Å². The van der Waals surface area contributed by atoms with E-state index in [4.69, 9.17) is 14.2 Å². The second-order valence-electron chi connectivity index (χ2n) is 7.81. The maximum absolute atomic E-state index is 12.4. The third-order valence-electron chi connectivity index (χ3n) is 4.08. The van der Waals surface area contributed by atoms with Crippen molar-refractivity contribution in [2.24, 2.45) is 5.92 Å². The van der Waals surface area contributed by atoms with Crippen LogP contribution in [0.15, 0.2) is 42.5 Å². The van der Waals surface area contributed by atoms with Gasteiger partial charge in [-0.1, -0.05) is 49.4 Å². The van der Waals surface area contributed by atoms with Crippen LogP contribution in [0, 0.1) is 5.92 Å². The molecule has 1 aromatic rings. The summed E-state index contributed by atoms with van der Waals surface area (Å²) >= 11 is 0. The molecule has 7 nitrogen and oxygen atoms in total. The van der Waals surface area contributed by atoms with E-state index < -0.39 is 36.0 Å². The minimum absolute atomic E-state index is 0.0654. The largest absolute Gasteiger partial charge is 0.459 e. The Kier molecular flexibility index (Phi) is 7.60. The van der Waals surface area contributed by atoms with Crippen molar-refractivity contribution in [3.8, 4) is 0 Å². The molecule has 0 unspecified atom stereocenters. The van der Waals surface area contributed by atoms with Crippen LogP contribution in [0.2, 0.25) is 0 Å². The van der Waals surface area contributed by atoms with Gasteiger partial charge in [0.25, 0.3) is 0 Å². The molecule has 1 heterocycles. The highest BCUT2D eigenvalue weighted by Crippen LogP contribution is 2.22. The molecular weight excluding hydrogens is 362 g/mol. The first-order valence-electron chi connectivity index (χ1n) is 9.35. The minimum atomic E-state index is -1.03. The van der Waals surface area contributed by atoms with Crippen LogP contribution in [0.5, 0.6) is 0 Å². The zero-order valence-corrected chi connectivity index (χ0v) is 16.8. The van der Waals surface area contributed by atoms with Gasteiger partial charge in [0.05, 0.1) is 0 Å². The molecule has 7 heteroatoms. The molecule has 4 atom stereocenters. The van der Waals surface area contributed by atoms with Crippen LogP contribution in [0.4, 0.5) is 4.79 Å². The van der Waals surface area contributed by atoms with Gasteiger partial charge in [0.2, 0.25) is 0 Å². The molecular formula is C21H29NO6. The second-order valence-corrected chi connectivity index (χ2v) is 7.81. The summed E-state index contributed by atoms with van der Waals surface area (Å²) in [6, 6.07) is 9.37. The lowest BCUT2D eigenvalue weighted by atomic mass is 9.98. The van der Waals surface area contributed by atoms with Gasteiger partial charge in [-0.05, 0) is 26.3 Å². The molecule has 1 amide bonds. The number of amides is 1. The van der Waals surface area contributed by atoms with Crippen LogP contribution in [0.3, 0.4) is 0 Å². The van der Waals surface area contributed by atoms with Gasteiger partial charge in [-0.15, -0.1) is 0 Å². The molecule has 0 aliphatic carbocycles. The van der Waals surface area contributed by atoms with Crippen LogP contribution in [0.1, 0.15) is 33.3 Å². The van der Waals surface area contributed by atoms with Crippen molar-refractivity contribution in [1.82, 2.24) is 5.32 Å². The lowest BCUT2D eigenvalue weighted by Gasteiger charge is -2.31. The SMILES string of the molecule is C[C@H]1C=C[C@@H]([C@H](O)CNC(=O)OC(C)(C)C)O[C@H]1C(=O)OCc1ccccc1. The molecule has 154 valence electrons. The van der Waals surface area contributed by atoms with E-state index in [-0.39, 0.29) is 19.1 Å². The van der Waals surface area contributed by atoms with E-state index in [1.54, 1.807) is 32.9 Å². The van der Waals surface area contributed by atoms with E-state index in [2.05, 4.69) is 5.32 Å². The minimum Gasteiger partial charge on any atom is -0.459 e. The maximum atomic E-state index is 12.4. The van der Waals surface area contributed by atoms with Crippen LogP contribution >= 0.6 is 0 Å². The quantitative estimate of drug-likeness (QED) is 0.572. The molecule has 0 bridgehead atoms. The number of alkyl carbamates (subject to hydrolysis) is 1. The fraction of sp³-hybridized carbons (Fsp3) is 0.524. The predicted octanol–water partition coefficient (Wildman–Crippen LogP) is 2.58. The fourth-order valence-corrected chi connectivity index (χ4v) is 2.64. The van der Waals surface area contributed by atoms with Gasteiger partial charge in [-0.2, -0.15) is 0 Å². The van der Waals surface area contributed by atoms with Crippen LogP contribution in [-0.4, -0.2) is 47.6 Å². The highest BCUT2D eigenvalue weighted by atomic mass is 16.6. The van der Waals surface area contributed by atoms with E-state index in [1.165, 1.54) is 0 Å². The number of carbonyl (C=O) groups is 2. The summed E-state index contributed by atoms with van der Waals surface area (Å²) < 4.78 is 16.2. The van der Waals surface area contributed by atoms with Crippen molar-refractivity contribution >= 4 is 12.1 Å². The van der Waals surface area contributed by atoms with Gasteiger partial charge in [-0.3, -0.25) is 0 Å². The molecule has 1 aliphatic heterocycles. The number of hydrogen-bond donors (Lipinski definition) is 2. The first-order valence-corrected chi connectivity index (χ1v) is 9.35. The molecule has 1 aromatic carbocycles. The first-order chi connectivity index (χ1) is 13.2. The molecule has 0 fully saturated rings. The van der Waals surface area contributed by atoms with Crippen molar-refractivity contribution in [3.63, 3.8) is 0 Å². The number of nitrogens with one attached hydrogen (secondary N) is 1. The van der Waals surface area contributed by atoms with Crippen molar-refractivity contribution in [1.29, 1.82) is 0 Å². The number of rotatable bonds is 6. The molecule has 28 heavy (non-hydrogen) atoms. The highest BCUT2D eigenvalue weighted by Gasteiger charge is 2.34. The Bertz CT molecular complexity index is 682. The molecule has 0 radical (unpaired) electrons. The molecule has 0 spiro atoms. The summed E-state index contributed by atoms with van der Waals surface area (Å²) in [4.78, 5) is 24.1. The summed E-state index contributed by atoms with van der Waals surface area (Å²) in [7, 11) is 0. The third kappa shape index (κ3) is 6.98. The van der Waals surface area contributed by atoms with Gasteiger partial charge < -0.3 is 24.6 Å². The van der Waals surface area contributed by atoms with Gasteiger partial charge in [-0.25, -0.2) is 9.59 Å². The van der Waals surface area contributed by atoms with Crippen molar-refractivity contribution in [3.05, 3.63) is 48.0 Å². The van der Waals surface area contributed by atoms with E-state index in [9.17, 15) is 14.7 Å². The van der Waals surface area contributed by atoms with E-state index >= 15 is 0 Å². The Morgan fingerprint density at radius 3 is 2.54 bits per heavy atom. The topological polar surface area (TPSA) is 94.1 Å². The van der Waals surface area contributed by atoms with Gasteiger partial charge >= 0.3 is 12.1 Å². The Balaban J connectivity index is 1.85. The van der Waals surface area contributed by atoms with E-state index in [1.807, 2.05) is 37.3 Å². The predicted molar refractivity (Wildman–Crippen MR) is 103 cm³/mol. The number of hydrogen-bond acceptors (Lipinski definition) is 6. The van der Waals surface area contributed by atoms with E-state index in [0.29, 0.717) is 0 Å². The summed E-state index contributed by atoms with van der Waals surface area (Å²) in [6.45, 7) is 7.19. The summed E-state index contributed by atoms with van der Waals surface area (Å²) in [5.74, 6) is -0.677. The molecule has 0 aromatic heterocycles. The third-order valence-corrected chi connectivity index (χ3v) is 4.08. The average molecular weight is 391 g/mol. The van der Waals surface area contributed by atoms with Crippen molar-refractivity contribution in [2.45, 2.75) is 58.2 Å². The first kappa shape index (κ1) is 21.9. The summed E-state index contributed by atoms with van der Waals surface area (Å²) in [6.07, 6.45) is 0.279. The Hall–Kier alpha value is -2.38. The van der Waals surface area contributed by atoms with E-state index in [0.717, 1.165) is 5.56 Å². The standard InChI is InChI=1S/C21H29NO6/c1-14-10-11-17(16(23)12-22-20(25)28-21(2,3)4)27-18(14)19(24)26-13-15-8-6-5-7-9-15/h5-11,14,16-18,23H,12-13H2,1-4H3,(H,22,25)/t14-,16+,17-,18+/m0/s1. The number of esters is 1. The number of aliphatic hydroxyl groups excluding tert-OH is 1. The molecule has 0 saturated heterocycles. The lowest BCUT2D eigenvalue weighted by Crippen LogP contribution is -2.46. The highest BCUT2D eigenvalue weighted by molar-refractivity contribution is 5.75. The second kappa shape index (κ2) is 9.71. The number of aliphatic hydroxyl groups is 1. The van der Waals surface area contributed by atoms with Crippen LogP contribution < -0.4 is 5.32 Å². The number of ether oxygens (including phenoxy) is 3. The summed E-state index contributed by atoms with van der Waals surface area (Å²) in [5, 5.41) is 12.8. The molecule has 1 aliphatic rings. The molecule has 2 N–H and O–H groups in total. The Labute approximate surface area is 165 Å². The Morgan fingerprint density at radius 2 is 1.89 bits per heavy atom. The molecule has 2 rings (SSSR count). The number of carbonyl (C=O) groups excluding carboxylic acids is 2. The smallest absolute Gasteiger partial charge is 0.407 e. The zero-order chi connectivity index (χ0) is 20.7. The lowest BCUT2D eigenvalue weighted by molar-refractivity contribution is -0.168. The number of benzene rings is 1. The van der Waals surface area contributed by atoms with Crippen LogP contribution in [0.25, 0.3) is 0 Å².